The molecule has 3 aromatic rings. The van der Waals surface area contributed by atoms with Gasteiger partial charge < -0.3 is 29.0 Å². The molecule has 11 heteroatoms. The number of benzene rings is 3. The lowest BCUT2D eigenvalue weighted by molar-refractivity contribution is -0.141. The molecule has 1 atom stereocenters. The number of carbonyl (C=O) groups excluding carboxylic acids is 1. The third kappa shape index (κ3) is 7.58. The normalized spacial score (nSPS) is 12.1. The van der Waals surface area contributed by atoms with Crippen LogP contribution in [0.15, 0.2) is 60.0 Å². The van der Waals surface area contributed by atoms with Crippen molar-refractivity contribution in [3.8, 4) is 23.0 Å². The molecular weight excluding hydrogens is 546 g/mol. The standard InChI is InChI=1S/C28H30ClNO8S/c1-34-21-15-25(36-3)22(26(16-21)37-4)12-13-39(32,33)17-18-6-11-24(35-2)23(14-18)30-27(28(31)38-5)19-7-9-20(29)10-8-19/h6-16,27,30H,17H2,1-5H3/b13-12+. The Morgan fingerprint density at radius 2 is 1.49 bits per heavy atom. The third-order valence-corrected chi connectivity index (χ3v) is 7.31. The fourth-order valence-corrected chi connectivity index (χ4v) is 5.02. The highest BCUT2D eigenvalue weighted by Crippen LogP contribution is 2.36. The van der Waals surface area contributed by atoms with E-state index in [9.17, 15) is 13.2 Å². The fraction of sp³-hybridized carbons (Fsp3) is 0.250. The zero-order chi connectivity index (χ0) is 28.6. The van der Waals surface area contributed by atoms with E-state index in [-0.39, 0.29) is 5.75 Å². The highest BCUT2D eigenvalue weighted by atomic mass is 35.5. The Morgan fingerprint density at radius 1 is 0.872 bits per heavy atom. The van der Waals surface area contributed by atoms with Crippen LogP contribution in [0.25, 0.3) is 6.08 Å². The van der Waals surface area contributed by atoms with E-state index in [4.69, 9.17) is 35.3 Å². The van der Waals surface area contributed by atoms with E-state index in [1.807, 2.05) is 0 Å². The molecule has 0 aliphatic rings. The van der Waals surface area contributed by atoms with Crippen LogP contribution in [-0.4, -0.2) is 49.9 Å². The minimum Gasteiger partial charge on any atom is -0.496 e. The average Bonchev–Trinajstić information content (AvgIpc) is 2.94. The Labute approximate surface area is 233 Å². The summed E-state index contributed by atoms with van der Waals surface area (Å²) in [4.78, 5) is 12.6. The number of anilines is 1. The number of hydrogen-bond donors (Lipinski definition) is 1. The molecule has 0 bridgehead atoms. The van der Waals surface area contributed by atoms with E-state index < -0.39 is 21.8 Å². The summed E-state index contributed by atoms with van der Waals surface area (Å²) in [6, 6.07) is 14.0. The average molecular weight is 576 g/mol. The lowest BCUT2D eigenvalue weighted by Gasteiger charge is -2.20. The summed E-state index contributed by atoms with van der Waals surface area (Å²) < 4.78 is 52.5. The van der Waals surface area contributed by atoms with Gasteiger partial charge in [-0.25, -0.2) is 13.2 Å². The van der Waals surface area contributed by atoms with Gasteiger partial charge in [-0.2, -0.15) is 0 Å². The molecular formula is C28H30ClNO8S. The lowest BCUT2D eigenvalue weighted by Crippen LogP contribution is -2.22. The second-order valence-corrected chi connectivity index (χ2v) is 10.6. The first-order valence-corrected chi connectivity index (χ1v) is 13.7. The van der Waals surface area contributed by atoms with Gasteiger partial charge in [0.1, 0.15) is 23.0 Å². The predicted molar refractivity (Wildman–Crippen MR) is 151 cm³/mol. The number of sulfone groups is 1. The van der Waals surface area contributed by atoms with Gasteiger partial charge >= 0.3 is 5.97 Å². The molecule has 208 valence electrons. The molecule has 0 saturated carbocycles. The Bertz CT molecular complexity index is 1410. The summed E-state index contributed by atoms with van der Waals surface area (Å²) in [5, 5.41) is 4.73. The first kappa shape index (κ1) is 29.7. The van der Waals surface area contributed by atoms with Crippen LogP contribution < -0.4 is 24.3 Å². The van der Waals surface area contributed by atoms with Crippen molar-refractivity contribution in [3.63, 3.8) is 0 Å². The van der Waals surface area contributed by atoms with Crippen molar-refractivity contribution in [2.45, 2.75) is 11.8 Å². The van der Waals surface area contributed by atoms with Gasteiger partial charge in [0.05, 0.1) is 52.6 Å². The maximum atomic E-state index is 13.1. The topological polar surface area (TPSA) is 109 Å². The van der Waals surface area contributed by atoms with Crippen molar-refractivity contribution in [1.29, 1.82) is 0 Å². The predicted octanol–water partition coefficient (Wildman–Crippen LogP) is 5.29. The number of hydrogen-bond acceptors (Lipinski definition) is 9. The number of esters is 1. The van der Waals surface area contributed by atoms with Crippen molar-refractivity contribution in [3.05, 3.63) is 81.7 Å². The van der Waals surface area contributed by atoms with Crippen LogP contribution in [0, 0.1) is 0 Å². The van der Waals surface area contributed by atoms with Crippen LogP contribution in [0.3, 0.4) is 0 Å². The molecule has 39 heavy (non-hydrogen) atoms. The molecule has 1 unspecified atom stereocenters. The fourth-order valence-electron chi connectivity index (χ4n) is 3.81. The van der Waals surface area contributed by atoms with E-state index in [1.54, 1.807) is 54.6 Å². The lowest BCUT2D eigenvalue weighted by atomic mass is 10.1. The maximum absolute atomic E-state index is 13.1. The van der Waals surface area contributed by atoms with Gasteiger partial charge in [-0.1, -0.05) is 29.8 Å². The molecule has 0 radical (unpaired) electrons. The van der Waals surface area contributed by atoms with Crippen LogP contribution in [0.4, 0.5) is 5.69 Å². The van der Waals surface area contributed by atoms with Crippen LogP contribution in [-0.2, 0) is 25.1 Å². The molecule has 0 aliphatic carbocycles. The van der Waals surface area contributed by atoms with Gasteiger partial charge in [0.25, 0.3) is 0 Å². The van der Waals surface area contributed by atoms with Crippen molar-refractivity contribution < 1.29 is 36.9 Å². The Hall–Kier alpha value is -3.89. The van der Waals surface area contributed by atoms with Gasteiger partial charge in [-0.05, 0) is 41.5 Å². The van der Waals surface area contributed by atoms with Gasteiger partial charge in [-0.3, -0.25) is 0 Å². The van der Waals surface area contributed by atoms with Crippen LogP contribution in [0.5, 0.6) is 23.0 Å². The summed E-state index contributed by atoms with van der Waals surface area (Å²) in [6.45, 7) is 0. The molecule has 0 aliphatic heterocycles. The Kier molecular flexibility index (Phi) is 10.1. The Balaban J connectivity index is 1.91. The molecule has 0 amide bonds. The van der Waals surface area contributed by atoms with Crippen molar-refractivity contribution in [1.82, 2.24) is 0 Å². The third-order valence-electron chi connectivity index (χ3n) is 5.77. The maximum Gasteiger partial charge on any atom is 0.332 e. The van der Waals surface area contributed by atoms with Gasteiger partial charge in [0.2, 0.25) is 0 Å². The van der Waals surface area contributed by atoms with Crippen molar-refractivity contribution in [2.24, 2.45) is 0 Å². The van der Waals surface area contributed by atoms with E-state index >= 15 is 0 Å². The van der Waals surface area contributed by atoms with Gasteiger partial charge in [0.15, 0.2) is 15.9 Å². The minimum atomic E-state index is -3.74. The van der Waals surface area contributed by atoms with Gasteiger partial charge in [-0.15, -0.1) is 0 Å². The second-order valence-electron chi connectivity index (χ2n) is 8.24. The quantitative estimate of drug-likeness (QED) is 0.288. The molecule has 0 heterocycles. The van der Waals surface area contributed by atoms with Crippen molar-refractivity contribution in [2.75, 3.05) is 40.9 Å². The minimum absolute atomic E-state index is 0.313. The van der Waals surface area contributed by atoms with Crippen LogP contribution in [0.1, 0.15) is 22.7 Å². The summed E-state index contributed by atoms with van der Waals surface area (Å²) in [7, 11) is 3.47. The molecule has 0 aromatic heterocycles. The van der Waals surface area contributed by atoms with E-state index in [0.717, 1.165) is 5.41 Å². The highest BCUT2D eigenvalue weighted by Gasteiger charge is 2.23. The zero-order valence-corrected chi connectivity index (χ0v) is 23.8. The highest BCUT2D eigenvalue weighted by molar-refractivity contribution is 7.93. The number of nitrogens with one attached hydrogen (secondary N) is 1. The van der Waals surface area contributed by atoms with E-state index in [0.29, 0.717) is 50.4 Å². The number of carbonyl (C=O) groups is 1. The van der Waals surface area contributed by atoms with Crippen LogP contribution in [0.2, 0.25) is 5.02 Å². The number of ether oxygens (including phenoxy) is 5. The smallest absolute Gasteiger partial charge is 0.332 e. The van der Waals surface area contributed by atoms with Crippen LogP contribution >= 0.6 is 11.6 Å². The molecule has 3 rings (SSSR count). The summed E-state index contributed by atoms with van der Waals surface area (Å²) in [6.07, 6.45) is 1.42. The van der Waals surface area contributed by atoms with E-state index in [2.05, 4.69) is 5.32 Å². The molecule has 3 aromatic carbocycles. The monoisotopic (exact) mass is 575 g/mol. The van der Waals surface area contributed by atoms with E-state index in [1.165, 1.54) is 41.6 Å². The molecule has 0 fully saturated rings. The molecule has 0 saturated heterocycles. The largest absolute Gasteiger partial charge is 0.496 e. The Morgan fingerprint density at radius 3 is 2.03 bits per heavy atom. The number of methoxy groups -OCH3 is 5. The summed E-state index contributed by atoms with van der Waals surface area (Å²) in [5.41, 5.74) is 1.94. The first-order valence-electron chi connectivity index (χ1n) is 11.6. The summed E-state index contributed by atoms with van der Waals surface area (Å²) in [5.74, 6) is 0.859. The molecule has 0 spiro atoms. The van der Waals surface area contributed by atoms with Gasteiger partial charge in [0, 0.05) is 22.6 Å². The summed E-state index contributed by atoms with van der Waals surface area (Å²) >= 11 is 5.99. The second kappa shape index (κ2) is 13.3. The number of halogens is 1. The first-order chi connectivity index (χ1) is 18.6. The van der Waals surface area contributed by atoms with Crippen molar-refractivity contribution >= 4 is 39.2 Å². The SMILES string of the molecule is COC(=O)C(Nc1cc(CS(=O)(=O)/C=C/c2c(OC)cc(OC)cc2OC)ccc1OC)c1ccc(Cl)cc1. The molecule has 9 nitrogen and oxygen atoms in total. The number of rotatable bonds is 12. The molecule has 1 N–H and O–H groups in total. The zero-order valence-electron chi connectivity index (χ0n) is 22.2.